The number of anilines is 1. The fraction of sp³-hybridized carbons (Fsp3) is 0.240. The smallest absolute Gasteiger partial charge is 0.264 e. The molecule has 0 aliphatic carbocycles. The second-order valence-corrected chi connectivity index (χ2v) is 9.18. The van der Waals surface area contributed by atoms with Gasteiger partial charge >= 0.3 is 0 Å². The Morgan fingerprint density at radius 1 is 0.970 bits per heavy atom. The molecule has 0 aliphatic heterocycles. The van der Waals surface area contributed by atoms with E-state index < -0.39 is 15.9 Å². The summed E-state index contributed by atoms with van der Waals surface area (Å²) in [6, 6.07) is 21.7. The summed E-state index contributed by atoms with van der Waals surface area (Å²) in [4.78, 5) is 13.0. The SMILES string of the molecule is CCOc1ccc([C@@H](C)NC(=O)CN(c2cccc(OC)c2)S(=O)(=O)c2ccccc2)cc1. The molecule has 8 heteroatoms. The van der Waals surface area contributed by atoms with Crippen LogP contribution in [0.4, 0.5) is 5.69 Å². The van der Waals surface area contributed by atoms with E-state index in [1.807, 2.05) is 38.1 Å². The minimum absolute atomic E-state index is 0.0974. The van der Waals surface area contributed by atoms with E-state index in [-0.39, 0.29) is 17.5 Å². The molecular formula is C25H28N2O5S. The van der Waals surface area contributed by atoms with Crippen LogP contribution >= 0.6 is 0 Å². The van der Waals surface area contributed by atoms with Crippen LogP contribution in [0.5, 0.6) is 11.5 Å². The molecule has 0 unspecified atom stereocenters. The second-order valence-electron chi connectivity index (χ2n) is 7.32. The second kappa shape index (κ2) is 10.9. The minimum atomic E-state index is -3.99. The predicted octanol–water partition coefficient (Wildman–Crippen LogP) is 4.17. The van der Waals surface area contributed by atoms with Crippen LogP contribution in [0.2, 0.25) is 0 Å². The molecule has 7 nitrogen and oxygen atoms in total. The number of sulfonamides is 1. The molecule has 3 rings (SSSR count). The third kappa shape index (κ3) is 6.04. The maximum Gasteiger partial charge on any atom is 0.264 e. The lowest BCUT2D eigenvalue weighted by molar-refractivity contribution is -0.120. The largest absolute Gasteiger partial charge is 0.497 e. The summed E-state index contributed by atoms with van der Waals surface area (Å²) in [7, 11) is -2.49. The lowest BCUT2D eigenvalue weighted by Gasteiger charge is -2.25. The molecule has 0 fully saturated rings. The monoisotopic (exact) mass is 468 g/mol. The van der Waals surface area contributed by atoms with E-state index in [1.165, 1.54) is 19.2 Å². The number of rotatable bonds is 10. The fourth-order valence-electron chi connectivity index (χ4n) is 3.32. The molecule has 3 aromatic carbocycles. The Balaban J connectivity index is 1.84. The highest BCUT2D eigenvalue weighted by Crippen LogP contribution is 2.27. The average molecular weight is 469 g/mol. The Morgan fingerprint density at radius 2 is 1.67 bits per heavy atom. The van der Waals surface area contributed by atoms with Gasteiger partial charge in [0.25, 0.3) is 10.0 Å². The number of benzene rings is 3. The summed E-state index contributed by atoms with van der Waals surface area (Å²) in [6.45, 7) is 3.94. The standard InChI is InChI=1S/C25H28N2O5S/c1-4-32-22-15-13-20(14-16-22)19(2)26-25(28)18-27(21-9-8-10-23(17-21)31-3)33(29,30)24-11-6-5-7-12-24/h5-17,19H,4,18H2,1-3H3,(H,26,28)/t19-/m1/s1. The topological polar surface area (TPSA) is 84.9 Å². The van der Waals surface area contributed by atoms with Crippen molar-refractivity contribution in [1.82, 2.24) is 5.32 Å². The Morgan fingerprint density at radius 3 is 2.30 bits per heavy atom. The van der Waals surface area contributed by atoms with Gasteiger partial charge in [-0.15, -0.1) is 0 Å². The molecule has 0 saturated heterocycles. The van der Waals surface area contributed by atoms with Crippen molar-refractivity contribution in [2.24, 2.45) is 0 Å². The number of nitrogens with one attached hydrogen (secondary N) is 1. The van der Waals surface area contributed by atoms with Crippen LogP contribution in [0.15, 0.2) is 83.8 Å². The number of carbonyl (C=O) groups is 1. The van der Waals surface area contributed by atoms with Crippen LogP contribution in [-0.2, 0) is 14.8 Å². The fourth-order valence-corrected chi connectivity index (χ4v) is 4.75. The van der Waals surface area contributed by atoms with Crippen LogP contribution in [0.25, 0.3) is 0 Å². The van der Waals surface area contributed by atoms with Gasteiger partial charge in [0.1, 0.15) is 18.0 Å². The lowest BCUT2D eigenvalue weighted by atomic mass is 10.1. The molecule has 0 bridgehead atoms. The maximum absolute atomic E-state index is 13.4. The summed E-state index contributed by atoms with van der Waals surface area (Å²) in [5.41, 5.74) is 1.22. The molecular weight excluding hydrogens is 440 g/mol. The number of hydrogen-bond acceptors (Lipinski definition) is 5. The first-order valence-electron chi connectivity index (χ1n) is 10.6. The Bertz CT molecular complexity index is 1160. The summed E-state index contributed by atoms with van der Waals surface area (Å²) < 4.78 is 38.6. The van der Waals surface area contributed by atoms with Gasteiger partial charge in [-0.3, -0.25) is 9.10 Å². The van der Waals surface area contributed by atoms with E-state index in [0.717, 1.165) is 15.6 Å². The molecule has 1 atom stereocenters. The van der Waals surface area contributed by atoms with Crippen LogP contribution in [0.3, 0.4) is 0 Å². The van der Waals surface area contributed by atoms with Crippen molar-refractivity contribution in [2.45, 2.75) is 24.8 Å². The highest BCUT2D eigenvalue weighted by molar-refractivity contribution is 7.92. The van der Waals surface area contributed by atoms with Crippen molar-refractivity contribution in [3.63, 3.8) is 0 Å². The summed E-state index contributed by atoms with van der Waals surface area (Å²) in [6.07, 6.45) is 0. The number of ether oxygens (including phenoxy) is 2. The number of carbonyl (C=O) groups excluding carboxylic acids is 1. The van der Waals surface area contributed by atoms with Gasteiger partial charge in [0.05, 0.1) is 30.3 Å². The van der Waals surface area contributed by atoms with Crippen LogP contribution in [-0.4, -0.2) is 34.6 Å². The molecule has 0 heterocycles. The third-order valence-corrected chi connectivity index (χ3v) is 6.82. The van der Waals surface area contributed by atoms with Crippen LogP contribution in [0.1, 0.15) is 25.5 Å². The van der Waals surface area contributed by atoms with Gasteiger partial charge in [-0.25, -0.2) is 8.42 Å². The lowest BCUT2D eigenvalue weighted by Crippen LogP contribution is -2.41. The number of hydrogen-bond donors (Lipinski definition) is 1. The molecule has 3 aromatic rings. The minimum Gasteiger partial charge on any atom is -0.497 e. The predicted molar refractivity (Wildman–Crippen MR) is 128 cm³/mol. The zero-order valence-corrected chi connectivity index (χ0v) is 19.7. The van der Waals surface area contributed by atoms with Crippen molar-refractivity contribution in [3.05, 3.63) is 84.4 Å². The summed E-state index contributed by atoms with van der Waals surface area (Å²) >= 11 is 0. The molecule has 0 aliphatic rings. The molecule has 1 N–H and O–H groups in total. The number of nitrogens with zero attached hydrogens (tertiary/aromatic N) is 1. The third-order valence-electron chi connectivity index (χ3n) is 5.03. The molecule has 1 amide bonds. The Labute approximate surface area is 195 Å². The molecule has 33 heavy (non-hydrogen) atoms. The number of methoxy groups -OCH3 is 1. The average Bonchev–Trinajstić information content (AvgIpc) is 2.83. The van der Waals surface area contributed by atoms with Gasteiger partial charge in [0, 0.05) is 6.07 Å². The molecule has 0 aromatic heterocycles. The first kappa shape index (κ1) is 24.1. The van der Waals surface area contributed by atoms with Crippen molar-refractivity contribution in [3.8, 4) is 11.5 Å². The molecule has 0 saturated carbocycles. The van der Waals surface area contributed by atoms with Gasteiger partial charge in [-0.2, -0.15) is 0 Å². The van der Waals surface area contributed by atoms with Gasteiger partial charge in [-0.1, -0.05) is 36.4 Å². The molecule has 0 spiro atoms. The van der Waals surface area contributed by atoms with Crippen LogP contribution in [0, 0.1) is 0 Å². The molecule has 174 valence electrons. The van der Waals surface area contributed by atoms with E-state index in [4.69, 9.17) is 9.47 Å². The van der Waals surface area contributed by atoms with Crippen molar-refractivity contribution >= 4 is 21.6 Å². The number of amides is 1. The maximum atomic E-state index is 13.4. The molecule has 0 radical (unpaired) electrons. The van der Waals surface area contributed by atoms with E-state index in [2.05, 4.69) is 5.32 Å². The Kier molecular flexibility index (Phi) is 7.95. The first-order valence-corrected chi connectivity index (χ1v) is 12.0. The van der Waals surface area contributed by atoms with E-state index in [1.54, 1.807) is 42.5 Å². The zero-order valence-electron chi connectivity index (χ0n) is 18.9. The first-order chi connectivity index (χ1) is 15.8. The van der Waals surface area contributed by atoms with Crippen LogP contribution < -0.4 is 19.1 Å². The van der Waals surface area contributed by atoms with Gasteiger partial charge in [0.2, 0.25) is 5.91 Å². The quantitative estimate of drug-likeness (QED) is 0.483. The van der Waals surface area contributed by atoms with Gasteiger partial charge < -0.3 is 14.8 Å². The van der Waals surface area contributed by atoms with Crippen molar-refractivity contribution in [1.29, 1.82) is 0 Å². The van der Waals surface area contributed by atoms with Gasteiger partial charge in [0.15, 0.2) is 0 Å². The summed E-state index contributed by atoms with van der Waals surface area (Å²) in [5.74, 6) is 0.806. The van der Waals surface area contributed by atoms with Crippen molar-refractivity contribution < 1.29 is 22.7 Å². The Hall–Kier alpha value is -3.52. The highest BCUT2D eigenvalue weighted by atomic mass is 32.2. The van der Waals surface area contributed by atoms with Gasteiger partial charge in [-0.05, 0) is 55.8 Å². The zero-order chi connectivity index (χ0) is 23.8. The normalized spacial score (nSPS) is 12.0. The highest BCUT2D eigenvalue weighted by Gasteiger charge is 2.28. The summed E-state index contributed by atoms with van der Waals surface area (Å²) in [5, 5.41) is 2.88. The van der Waals surface area contributed by atoms with E-state index >= 15 is 0 Å². The van der Waals surface area contributed by atoms with E-state index in [9.17, 15) is 13.2 Å². The van der Waals surface area contributed by atoms with E-state index in [0.29, 0.717) is 18.0 Å². The van der Waals surface area contributed by atoms with Crippen molar-refractivity contribution in [2.75, 3.05) is 24.6 Å².